The van der Waals surface area contributed by atoms with Crippen LogP contribution in [0.2, 0.25) is 0 Å². The Hall–Kier alpha value is -5.04. The number of nitrogens with two attached hydrogens (primary N) is 3. The number of allylic oxidation sites excluding steroid dienone is 1. The summed E-state index contributed by atoms with van der Waals surface area (Å²) >= 11 is -2.09. The number of primary amides is 2. The maximum absolute atomic E-state index is 14.0. The van der Waals surface area contributed by atoms with Gasteiger partial charge in [-0.1, -0.05) is 40.5 Å². The van der Waals surface area contributed by atoms with E-state index in [-0.39, 0.29) is 11.4 Å². The molecule has 0 aliphatic carbocycles. The van der Waals surface area contributed by atoms with Gasteiger partial charge in [0.05, 0.1) is 38.3 Å². The maximum Gasteiger partial charge on any atom is 0.248 e. The third kappa shape index (κ3) is 17.7. The number of amides is 9. The highest BCUT2D eigenvalue weighted by Crippen LogP contribution is 2.21. The van der Waals surface area contributed by atoms with E-state index in [1.807, 2.05) is 6.92 Å². The topological polar surface area (TPSA) is 391 Å². The second-order valence-corrected chi connectivity index (χ2v) is 16.1. The Morgan fingerprint density at radius 3 is 2.05 bits per heavy atom. The molecule has 0 saturated carbocycles. The largest absolute Gasteiger partial charge is 0.610 e. The van der Waals surface area contributed by atoms with Crippen molar-refractivity contribution in [3.05, 3.63) is 11.1 Å². The summed E-state index contributed by atoms with van der Waals surface area (Å²) in [6.07, 6.45) is -0.0954. The molecule has 0 spiro atoms. The average molecular weight is 875 g/mol. The minimum Gasteiger partial charge on any atom is -0.610 e. The number of aliphatic hydroxyl groups is 3. The molecule has 1 aliphatic rings. The molecule has 1 fully saturated rings. The molecule has 0 aromatic carbocycles. The number of carbonyl (C=O) groups is 9. The van der Waals surface area contributed by atoms with E-state index in [4.69, 9.17) is 17.2 Å². The Morgan fingerprint density at radius 1 is 0.883 bits per heavy atom. The quantitative estimate of drug-likeness (QED) is 0.0285. The third-order valence-electron chi connectivity index (χ3n) is 9.68. The number of nitrogens with one attached hydrogen (secondary N) is 6. The van der Waals surface area contributed by atoms with E-state index in [0.29, 0.717) is 19.3 Å². The monoisotopic (exact) mass is 874 g/mol. The van der Waals surface area contributed by atoms with E-state index in [1.54, 1.807) is 13.8 Å². The van der Waals surface area contributed by atoms with Crippen LogP contribution in [0.5, 0.6) is 0 Å². The molecule has 340 valence electrons. The number of unbranched alkanes of at least 4 members (excludes halogenated alkanes) is 2. The highest BCUT2D eigenvalue weighted by atomic mass is 32.2. The Bertz CT molecular complexity index is 1570. The zero-order valence-corrected chi connectivity index (χ0v) is 35.4. The van der Waals surface area contributed by atoms with E-state index < -0.39 is 157 Å². The molecule has 0 bridgehead atoms. The summed E-state index contributed by atoms with van der Waals surface area (Å²) in [6.45, 7) is 5.47. The molecule has 24 heteroatoms. The van der Waals surface area contributed by atoms with Gasteiger partial charge in [0.2, 0.25) is 58.2 Å². The van der Waals surface area contributed by atoms with Crippen molar-refractivity contribution < 1.29 is 63.0 Å². The Morgan fingerprint density at radius 2 is 1.50 bits per heavy atom. The van der Waals surface area contributed by atoms with Crippen LogP contribution in [-0.4, -0.2) is 152 Å². The van der Waals surface area contributed by atoms with E-state index in [1.165, 1.54) is 19.9 Å². The number of hydrogen-bond acceptors (Lipinski definition) is 14. The van der Waals surface area contributed by atoms with Crippen molar-refractivity contribution >= 4 is 64.3 Å². The number of nitrogens with zero attached hydrogens (tertiary/aromatic N) is 1. The first-order valence-corrected chi connectivity index (χ1v) is 20.8. The number of aliphatic hydroxyl groups excluding tert-OH is 3. The predicted octanol–water partition coefficient (Wildman–Crippen LogP) is -5.73. The lowest BCUT2D eigenvalue weighted by molar-refractivity contribution is -0.143. The van der Waals surface area contributed by atoms with Crippen LogP contribution >= 0.6 is 0 Å². The van der Waals surface area contributed by atoms with Gasteiger partial charge in [0.25, 0.3) is 0 Å². The zero-order chi connectivity index (χ0) is 45.9. The summed E-state index contributed by atoms with van der Waals surface area (Å²) in [7, 11) is 0. The van der Waals surface area contributed by atoms with Crippen LogP contribution in [0.3, 0.4) is 0 Å². The number of rotatable bonds is 26. The highest BCUT2D eigenvalue weighted by Gasteiger charge is 2.44. The van der Waals surface area contributed by atoms with Crippen molar-refractivity contribution in [1.82, 2.24) is 36.8 Å². The molecule has 0 radical (unpaired) electrons. The lowest BCUT2D eigenvalue weighted by atomic mass is 9.95. The lowest BCUT2D eigenvalue weighted by Gasteiger charge is -2.31. The zero-order valence-electron chi connectivity index (χ0n) is 34.6. The molecule has 60 heavy (non-hydrogen) atoms. The molecule has 15 N–H and O–H groups in total. The van der Waals surface area contributed by atoms with Crippen molar-refractivity contribution in [2.45, 2.75) is 116 Å². The van der Waals surface area contributed by atoms with Crippen LogP contribution in [-0.2, 0) is 54.3 Å². The first kappa shape index (κ1) is 53.0. The molecular weight excluding hydrogens is 813 g/mol. The summed E-state index contributed by atoms with van der Waals surface area (Å²) in [5.41, 5.74) is 16.8. The molecule has 5 unspecified atom stereocenters. The molecule has 9 amide bonds. The van der Waals surface area contributed by atoms with E-state index >= 15 is 0 Å². The van der Waals surface area contributed by atoms with Crippen LogP contribution in [0.1, 0.15) is 73.1 Å². The van der Waals surface area contributed by atoms with Crippen LogP contribution < -0.4 is 49.1 Å². The van der Waals surface area contributed by atoms with E-state index in [2.05, 4.69) is 31.9 Å². The first-order valence-electron chi connectivity index (χ1n) is 19.5. The van der Waals surface area contributed by atoms with Crippen LogP contribution in [0, 0.1) is 11.8 Å². The van der Waals surface area contributed by atoms with Crippen molar-refractivity contribution in [2.75, 3.05) is 32.0 Å². The van der Waals surface area contributed by atoms with Crippen molar-refractivity contribution in [3.63, 3.8) is 0 Å². The Kier molecular flexibility index (Phi) is 23.2. The smallest absolute Gasteiger partial charge is 0.248 e. The normalized spacial score (nSPS) is 19.2. The molecular formula is C36H62N10O13S. The standard InChI is InChI=1S/C36H62N10O13S/c1-6-8-9-10-27(38)60(59)17-23(42-28(52)14-41-35(57)30(18(3)7-2)44-29(53)13-40-20(5)48)33(55)43-22(12-26(37)51)36(58)46-15-21(49)11-24(46)34(56)45-31(32(39)54)19(4)25(50)16-47/h10,18-19,21-25,30-31,47,49-50H,6-9,11-17,38H2,1-5H3,(H2,37,51)(H2,39,54)(H,40,48)(H,41,57)(H,42,52)(H,43,55)(H,44,53)(H,45,56)/b27-10+/t18-,19-,21+,22-,23-,24?,25?,30?,31?,60?/m0/s1. The van der Waals surface area contributed by atoms with Gasteiger partial charge < -0.3 is 73.9 Å². The molecule has 1 heterocycles. The predicted molar refractivity (Wildman–Crippen MR) is 215 cm³/mol. The molecule has 1 aliphatic heterocycles. The Balaban J connectivity index is 3.38. The number of β-amino-alcohol motifs (C(OH)–C–C–N with tert-alkyl or cyclic N) is 1. The van der Waals surface area contributed by atoms with Crippen molar-refractivity contribution in [3.8, 4) is 0 Å². The van der Waals surface area contributed by atoms with Gasteiger partial charge in [-0.3, -0.25) is 43.2 Å². The van der Waals surface area contributed by atoms with E-state index in [0.717, 1.165) is 11.3 Å². The van der Waals surface area contributed by atoms with Gasteiger partial charge in [-0.15, -0.1) is 0 Å². The minimum atomic E-state index is -2.09. The third-order valence-corrected chi connectivity index (χ3v) is 11.0. The van der Waals surface area contributed by atoms with E-state index in [9.17, 15) is 63.0 Å². The molecule has 23 nitrogen and oxygen atoms in total. The van der Waals surface area contributed by atoms with Gasteiger partial charge in [0, 0.05) is 37.0 Å². The number of likely N-dealkylation sites (tertiary alicyclic amines) is 1. The number of carbonyl (C=O) groups excluding carboxylic acids is 9. The first-order chi connectivity index (χ1) is 28.1. The summed E-state index contributed by atoms with van der Waals surface area (Å²) in [5, 5.41) is 43.9. The van der Waals surface area contributed by atoms with Gasteiger partial charge in [-0.05, 0) is 24.8 Å². The van der Waals surface area contributed by atoms with Gasteiger partial charge in [-0.2, -0.15) is 0 Å². The summed E-state index contributed by atoms with van der Waals surface area (Å²) < 4.78 is 13.3. The fourth-order valence-electron chi connectivity index (χ4n) is 5.90. The van der Waals surface area contributed by atoms with Crippen molar-refractivity contribution in [1.29, 1.82) is 0 Å². The van der Waals surface area contributed by atoms with Crippen LogP contribution in [0.4, 0.5) is 0 Å². The molecule has 10 atom stereocenters. The van der Waals surface area contributed by atoms with Gasteiger partial charge in [-0.25, -0.2) is 0 Å². The average Bonchev–Trinajstić information content (AvgIpc) is 3.59. The van der Waals surface area contributed by atoms with Gasteiger partial charge in [0.1, 0.15) is 29.9 Å². The Labute approximate surface area is 351 Å². The second kappa shape index (κ2) is 26.2. The molecule has 1 saturated heterocycles. The maximum atomic E-state index is 14.0. The SMILES string of the molecule is CCCC/C=C(\N)[S+]([O-])C[C@H](NC(=O)CNC(=O)C(NC(=O)CNC(C)=O)[C@@H](C)CC)C(=O)N[C@@H](CC(N)=O)C(=O)N1C[C@H](O)CC1C(=O)NC(C(N)=O)[C@@H](C)C(O)CO. The van der Waals surface area contributed by atoms with Crippen LogP contribution in [0.15, 0.2) is 11.1 Å². The van der Waals surface area contributed by atoms with Gasteiger partial charge >= 0.3 is 0 Å². The lowest BCUT2D eigenvalue weighted by Crippen LogP contribution is -2.60. The fourth-order valence-corrected chi connectivity index (χ4v) is 6.94. The minimum absolute atomic E-state index is 0.116. The van der Waals surface area contributed by atoms with Crippen molar-refractivity contribution in [2.24, 2.45) is 29.0 Å². The fraction of sp³-hybridized carbons (Fsp3) is 0.694. The second-order valence-electron chi connectivity index (χ2n) is 14.6. The van der Waals surface area contributed by atoms with Crippen LogP contribution in [0.25, 0.3) is 0 Å². The summed E-state index contributed by atoms with van der Waals surface area (Å²) in [6, 6.07) is -7.69. The molecule has 0 aromatic heterocycles. The highest BCUT2D eigenvalue weighted by molar-refractivity contribution is 7.95. The summed E-state index contributed by atoms with van der Waals surface area (Å²) in [5.74, 6) is -10.5. The number of hydrogen-bond donors (Lipinski definition) is 12. The van der Waals surface area contributed by atoms with Gasteiger partial charge in [0.15, 0.2) is 6.04 Å². The molecule has 0 aromatic rings. The summed E-state index contributed by atoms with van der Waals surface area (Å²) in [4.78, 5) is 116. The molecule has 1 rings (SSSR count).